The lowest BCUT2D eigenvalue weighted by Gasteiger charge is -2.37. The van der Waals surface area contributed by atoms with E-state index >= 15 is 0 Å². The second-order valence-electron chi connectivity index (χ2n) is 8.20. The number of allylic oxidation sites excluding steroid dienone is 7. The van der Waals surface area contributed by atoms with Gasteiger partial charge in [-0.2, -0.15) is 0 Å². The minimum atomic E-state index is 0. The van der Waals surface area contributed by atoms with Crippen LogP contribution < -0.4 is 12.4 Å². The molecule has 31 heavy (non-hydrogen) atoms. The first-order chi connectivity index (χ1) is 14.2. The van der Waals surface area contributed by atoms with Gasteiger partial charge >= 0.3 is 0 Å². The van der Waals surface area contributed by atoms with Crippen molar-refractivity contribution in [3.05, 3.63) is 96.5 Å². The Kier molecular flexibility index (Phi) is 12.5. The van der Waals surface area contributed by atoms with Gasteiger partial charge in [0.25, 0.3) is 0 Å². The number of aromatic nitrogens is 1. The summed E-state index contributed by atoms with van der Waals surface area (Å²) in [6.45, 7) is 9.43. The maximum Gasteiger partial charge on any atom is 0.109 e. The minimum absolute atomic E-state index is 0. The smallest absolute Gasteiger partial charge is 0.109 e. The van der Waals surface area contributed by atoms with E-state index in [1.165, 1.54) is 60.9 Å². The number of halogens is 2. The summed E-state index contributed by atoms with van der Waals surface area (Å²) in [4.78, 5) is 4.15. The molecule has 2 nitrogen and oxygen atoms in total. The van der Waals surface area contributed by atoms with Gasteiger partial charge in [-0.1, -0.05) is 63.1 Å². The van der Waals surface area contributed by atoms with Gasteiger partial charge < -0.3 is 12.4 Å². The highest BCUT2D eigenvalue weighted by Gasteiger charge is 2.27. The Balaban J connectivity index is 0.00000240. The summed E-state index contributed by atoms with van der Waals surface area (Å²) < 4.78 is 1.03. The molecule has 2 heterocycles. The quantitative estimate of drug-likeness (QED) is 0.378. The molecule has 1 atom stereocenters. The molecule has 0 radical (unpaired) electrons. The summed E-state index contributed by atoms with van der Waals surface area (Å²) in [5.41, 5.74) is 5.36. The lowest BCUT2D eigenvalue weighted by atomic mass is 9.99. The first kappa shape index (κ1) is 27.2. The Labute approximate surface area is 201 Å². The highest BCUT2D eigenvalue weighted by Crippen LogP contribution is 2.27. The topological polar surface area (TPSA) is 12.9 Å². The number of nitrogens with zero attached hydrogens (tertiary/aromatic N) is 2. The summed E-state index contributed by atoms with van der Waals surface area (Å²) in [6.07, 6.45) is 29.5. The van der Waals surface area contributed by atoms with Gasteiger partial charge in [0.2, 0.25) is 0 Å². The SMILES string of the molecule is C=CC=C1C=CC(C[N+]2(CCCCCCC)C=CC(c3ccncc3)=CC2)=CC1.Cl.[Cl-]. The monoisotopic (exact) mass is 458 g/mol. The Morgan fingerprint density at radius 2 is 1.81 bits per heavy atom. The van der Waals surface area contributed by atoms with Gasteiger partial charge in [-0.05, 0) is 60.3 Å². The Morgan fingerprint density at radius 1 is 1.03 bits per heavy atom. The molecule has 1 aromatic heterocycles. The van der Waals surface area contributed by atoms with Crippen LogP contribution in [0.4, 0.5) is 0 Å². The molecular formula is C27H36Cl2N2. The summed E-state index contributed by atoms with van der Waals surface area (Å²) >= 11 is 0. The fourth-order valence-electron chi connectivity index (χ4n) is 4.15. The minimum Gasteiger partial charge on any atom is -1.00 e. The van der Waals surface area contributed by atoms with Crippen molar-refractivity contribution in [1.82, 2.24) is 4.98 Å². The molecule has 1 unspecified atom stereocenters. The van der Waals surface area contributed by atoms with E-state index in [4.69, 9.17) is 0 Å². The number of pyridine rings is 1. The van der Waals surface area contributed by atoms with Crippen LogP contribution in [0.15, 0.2) is 91.0 Å². The van der Waals surface area contributed by atoms with Gasteiger partial charge in [0, 0.05) is 18.0 Å². The third-order valence-corrected chi connectivity index (χ3v) is 5.91. The number of hydrogen-bond acceptors (Lipinski definition) is 1. The van der Waals surface area contributed by atoms with Crippen LogP contribution in [0.2, 0.25) is 0 Å². The lowest BCUT2D eigenvalue weighted by Crippen LogP contribution is -3.00. The molecule has 0 fully saturated rings. The summed E-state index contributed by atoms with van der Waals surface area (Å²) in [7, 11) is 0. The van der Waals surface area contributed by atoms with Crippen LogP contribution in [0, 0.1) is 0 Å². The van der Waals surface area contributed by atoms with Crippen LogP contribution >= 0.6 is 12.4 Å². The number of rotatable bonds is 10. The standard InChI is InChI=1S/C27H35N2.2ClH/c1-3-5-6-7-8-20-29(23-25-12-10-24(9-4-2)11-13-25)21-16-27(17-22-29)26-14-18-28-19-15-26;;/h4,9-10,12-19,21H,2-3,5-8,11,20,22-23H2,1H3;2*1H/q+1;;/p-1. The third-order valence-electron chi connectivity index (χ3n) is 5.91. The maximum atomic E-state index is 4.15. The fraction of sp³-hybridized carbons (Fsp3) is 0.370. The largest absolute Gasteiger partial charge is 1.00 e. The molecule has 1 aliphatic heterocycles. The zero-order valence-corrected chi connectivity index (χ0v) is 20.3. The van der Waals surface area contributed by atoms with E-state index in [-0.39, 0.29) is 24.8 Å². The van der Waals surface area contributed by atoms with Crippen molar-refractivity contribution in [3.63, 3.8) is 0 Å². The molecule has 1 aromatic rings. The highest BCUT2D eigenvalue weighted by atomic mass is 35.5. The lowest BCUT2D eigenvalue weighted by molar-refractivity contribution is -0.869. The first-order valence-corrected chi connectivity index (χ1v) is 11.1. The van der Waals surface area contributed by atoms with E-state index in [0.29, 0.717) is 0 Å². The molecule has 1 aliphatic carbocycles. The fourth-order valence-corrected chi connectivity index (χ4v) is 4.15. The van der Waals surface area contributed by atoms with E-state index < -0.39 is 0 Å². The summed E-state index contributed by atoms with van der Waals surface area (Å²) in [5.74, 6) is 0. The van der Waals surface area contributed by atoms with Crippen LogP contribution in [0.5, 0.6) is 0 Å². The molecule has 3 rings (SSSR count). The highest BCUT2D eigenvalue weighted by molar-refractivity contribution is 5.85. The average Bonchev–Trinajstić information content (AvgIpc) is 2.76. The van der Waals surface area contributed by atoms with Gasteiger partial charge in [-0.15, -0.1) is 12.4 Å². The Morgan fingerprint density at radius 3 is 2.42 bits per heavy atom. The molecule has 2 aliphatic rings. The van der Waals surface area contributed by atoms with Crippen LogP contribution in [0.25, 0.3) is 5.57 Å². The molecule has 0 saturated carbocycles. The van der Waals surface area contributed by atoms with Crippen LogP contribution in [0.3, 0.4) is 0 Å². The number of hydrogen-bond donors (Lipinski definition) is 0. The zero-order chi connectivity index (χ0) is 20.4. The number of quaternary nitrogens is 1. The first-order valence-electron chi connectivity index (χ1n) is 11.1. The molecule has 0 amide bonds. The normalized spacial score (nSPS) is 21.0. The van der Waals surface area contributed by atoms with Crippen molar-refractivity contribution in [2.24, 2.45) is 0 Å². The van der Waals surface area contributed by atoms with Gasteiger partial charge in [-0.3, -0.25) is 9.47 Å². The number of unbranched alkanes of at least 4 members (excludes halogenated alkanes) is 4. The van der Waals surface area contributed by atoms with Crippen molar-refractivity contribution in [1.29, 1.82) is 0 Å². The molecular weight excluding hydrogens is 423 g/mol. The third kappa shape index (κ3) is 8.29. The zero-order valence-electron chi connectivity index (χ0n) is 18.7. The summed E-state index contributed by atoms with van der Waals surface area (Å²) in [6, 6.07) is 4.20. The van der Waals surface area contributed by atoms with E-state index in [1.807, 2.05) is 18.5 Å². The molecule has 4 heteroatoms. The molecule has 0 spiro atoms. The van der Waals surface area contributed by atoms with E-state index in [1.54, 1.807) is 0 Å². The summed E-state index contributed by atoms with van der Waals surface area (Å²) in [5, 5.41) is 0. The molecule has 0 bridgehead atoms. The van der Waals surface area contributed by atoms with E-state index in [2.05, 4.69) is 73.3 Å². The average molecular weight is 460 g/mol. The van der Waals surface area contributed by atoms with E-state index in [9.17, 15) is 0 Å². The van der Waals surface area contributed by atoms with Crippen LogP contribution in [-0.4, -0.2) is 29.1 Å². The maximum absolute atomic E-state index is 4.15. The van der Waals surface area contributed by atoms with Crippen molar-refractivity contribution in [2.45, 2.75) is 45.4 Å². The predicted octanol–water partition coefficient (Wildman–Crippen LogP) is 4.20. The second-order valence-corrected chi connectivity index (χ2v) is 8.20. The van der Waals surface area contributed by atoms with Gasteiger partial charge in [0.15, 0.2) is 0 Å². The van der Waals surface area contributed by atoms with Crippen molar-refractivity contribution < 1.29 is 16.9 Å². The van der Waals surface area contributed by atoms with Gasteiger partial charge in [-0.25, -0.2) is 0 Å². The van der Waals surface area contributed by atoms with Crippen molar-refractivity contribution in [2.75, 3.05) is 19.6 Å². The van der Waals surface area contributed by atoms with Crippen LogP contribution in [-0.2, 0) is 0 Å². The predicted molar refractivity (Wildman–Crippen MR) is 132 cm³/mol. The Hall–Kier alpha value is -1.87. The van der Waals surface area contributed by atoms with Crippen molar-refractivity contribution >= 4 is 18.0 Å². The van der Waals surface area contributed by atoms with Crippen molar-refractivity contribution in [3.8, 4) is 0 Å². The second kappa shape index (κ2) is 14.2. The molecule has 0 N–H and O–H groups in total. The van der Waals surface area contributed by atoms with Crippen LogP contribution in [0.1, 0.15) is 51.0 Å². The molecule has 0 saturated heterocycles. The molecule has 168 valence electrons. The van der Waals surface area contributed by atoms with Gasteiger partial charge in [0.1, 0.15) is 13.1 Å². The van der Waals surface area contributed by atoms with Gasteiger partial charge in [0.05, 0.1) is 12.7 Å². The van der Waals surface area contributed by atoms with E-state index in [0.717, 1.165) is 24.0 Å². The molecule has 0 aromatic carbocycles. The Bertz CT molecular complexity index is 834.